The molecule has 4 heteroatoms. The lowest BCUT2D eigenvalue weighted by atomic mass is 10.1. The number of phenolic OH excluding ortho intramolecular Hbond substituents is 1. The molecule has 0 aromatic heterocycles. The Hall–Kier alpha value is -1.42. The summed E-state index contributed by atoms with van der Waals surface area (Å²) in [6.07, 6.45) is 1.62. The summed E-state index contributed by atoms with van der Waals surface area (Å²) in [4.78, 5) is 0. The van der Waals surface area contributed by atoms with Crippen LogP contribution in [0.5, 0.6) is 5.75 Å². The van der Waals surface area contributed by atoms with Crippen molar-refractivity contribution in [2.24, 2.45) is 0 Å². The SMILES string of the molecule is C=CCNC(C)c1c(O)cc(F)cc1F. The Balaban J connectivity index is 2.97. The predicted molar refractivity (Wildman–Crippen MR) is 54.6 cm³/mol. The molecular formula is C11H13F2NO. The summed E-state index contributed by atoms with van der Waals surface area (Å²) in [5.41, 5.74) is 0.0678. The number of rotatable bonds is 4. The molecule has 15 heavy (non-hydrogen) atoms. The van der Waals surface area contributed by atoms with Crippen LogP contribution in [0.3, 0.4) is 0 Å². The van der Waals surface area contributed by atoms with Gasteiger partial charge in [0.05, 0.1) is 0 Å². The second-order valence-corrected chi connectivity index (χ2v) is 3.24. The third-order valence-corrected chi connectivity index (χ3v) is 2.07. The zero-order chi connectivity index (χ0) is 11.4. The molecule has 0 amide bonds. The van der Waals surface area contributed by atoms with Gasteiger partial charge in [-0.15, -0.1) is 6.58 Å². The third kappa shape index (κ3) is 2.76. The summed E-state index contributed by atoms with van der Waals surface area (Å²) < 4.78 is 26.0. The predicted octanol–water partition coefficient (Wildman–Crippen LogP) is 2.51. The number of nitrogens with one attached hydrogen (secondary N) is 1. The van der Waals surface area contributed by atoms with Gasteiger partial charge in [0.2, 0.25) is 0 Å². The van der Waals surface area contributed by atoms with Crippen molar-refractivity contribution in [3.63, 3.8) is 0 Å². The van der Waals surface area contributed by atoms with Crippen LogP contribution in [0.4, 0.5) is 8.78 Å². The highest BCUT2D eigenvalue weighted by Crippen LogP contribution is 2.27. The van der Waals surface area contributed by atoms with Gasteiger partial charge in [0, 0.05) is 30.3 Å². The van der Waals surface area contributed by atoms with Crippen molar-refractivity contribution in [3.05, 3.63) is 42.0 Å². The minimum atomic E-state index is -0.787. The maximum absolute atomic E-state index is 13.3. The highest BCUT2D eigenvalue weighted by Gasteiger charge is 2.16. The molecule has 82 valence electrons. The van der Waals surface area contributed by atoms with Gasteiger partial charge in [-0.3, -0.25) is 0 Å². The van der Waals surface area contributed by atoms with E-state index in [9.17, 15) is 13.9 Å². The standard InChI is InChI=1S/C11H13F2NO/c1-3-4-14-7(2)11-9(13)5-8(12)6-10(11)15/h3,5-7,14-15H,1,4H2,2H3. The first-order valence-corrected chi connectivity index (χ1v) is 4.58. The molecule has 2 N–H and O–H groups in total. The average Bonchev–Trinajstić information content (AvgIpc) is 2.12. The second kappa shape index (κ2) is 4.89. The van der Waals surface area contributed by atoms with Gasteiger partial charge in [0.25, 0.3) is 0 Å². The van der Waals surface area contributed by atoms with Crippen LogP contribution in [0.1, 0.15) is 18.5 Å². The van der Waals surface area contributed by atoms with Gasteiger partial charge in [-0.2, -0.15) is 0 Å². The first-order valence-electron chi connectivity index (χ1n) is 4.58. The Morgan fingerprint density at radius 2 is 2.20 bits per heavy atom. The van der Waals surface area contributed by atoms with E-state index in [-0.39, 0.29) is 11.3 Å². The van der Waals surface area contributed by atoms with Crippen molar-refractivity contribution in [2.75, 3.05) is 6.54 Å². The van der Waals surface area contributed by atoms with E-state index in [2.05, 4.69) is 11.9 Å². The normalized spacial score (nSPS) is 12.5. The van der Waals surface area contributed by atoms with E-state index in [1.807, 2.05) is 0 Å². The monoisotopic (exact) mass is 213 g/mol. The number of hydrogen-bond acceptors (Lipinski definition) is 2. The van der Waals surface area contributed by atoms with Crippen LogP contribution < -0.4 is 5.32 Å². The van der Waals surface area contributed by atoms with E-state index in [1.54, 1.807) is 13.0 Å². The summed E-state index contributed by atoms with van der Waals surface area (Å²) in [5.74, 6) is -1.92. The van der Waals surface area contributed by atoms with Gasteiger partial charge in [-0.1, -0.05) is 6.08 Å². The summed E-state index contributed by atoms with van der Waals surface area (Å²) in [7, 11) is 0. The topological polar surface area (TPSA) is 32.3 Å². The van der Waals surface area contributed by atoms with E-state index in [1.165, 1.54) is 0 Å². The quantitative estimate of drug-likeness (QED) is 0.753. The lowest BCUT2D eigenvalue weighted by Crippen LogP contribution is -2.19. The van der Waals surface area contributed by atoms with Gasteiger partial charge in [0.1, 0.15) is 17.4 Å². The number of hydrogen-bond donors (Lipinski definition) is 2. The zero-order valence-electron chi connectivity index (χ0n) is 8.43. The molecule has 1 unspecified atom stereocenters. The minimum Gasteiger partial charge on any atom is -0.507 e. The van der Waals surface area contributed by atoms with Gasteiger partial charge in [0.15, 0.2) is 0 Å². The highest BCUT2D eigenvalue weighted by molar-refractivity contribution is 5.36. The van der Waals surface area contributed by atoms with Crippen LogP contribution in [0.15, 0.2) is 24.8 Å². The fourth-order valence-electron chi connectivity index (χ4n) is 1.36. The van der Waals surface area contributed by atoms with Crippen LogP contribution in [-0.4, -0.2) is 11.7 Å². The van der Waals surface area contributed by atoms with Crippen molar-refractivity contribution < 1.29 is 13.9 Å². The third-order valence-electron chi connectivity index (χ3n) is 2.07. The smallest absolute Gasteiger partial charge is 0.134 e. The van der Waals surface area contributed by atoms with Gasteiger partial charge >= 0.3 is 0 Å². The zero-order valence-corrected chi connectivity index (χ0v) is 8.43. The lowest BCUT2D eigenvalue weighted by Gasteiger charge is -2.15. The molecule has 0 aliphatic heterocycles. The van der Waals surface area contributed by atoms with Gasteiger partial charge in [-0.25, -0.2) is 8.78 Å². The second-order valence-electron chi connectivity index (χ2n) is 3.24. The molecule has 1 aromatic carbocycles. The first-order chi connectivity index (χ1) is 7.06. The summed E-state index contributed by atoms with van der Waals surface area (Å²) in [6, 6.07) is 1.25. The van der Waals surface area contributed by atoms with Gasteiger partial charge in [-0.05, 0) is 6.92 Å². The molecule has 0 bridgehead atoms. The van der Waals surface area contributed by atoms with E-state index >= 15 is 0 Å². The molecule has 0 saturated heterocycles. The van der Waals surface area contributed by atoms with Crippen LogP contribution in [0, 0.1) is 11.6 Å². The highest BCUT2D eigenvalue weighted by atomic mass is 19.1. The average molecular weight is 213 g/mol. The summed E-state index contributed by atoms with van der Waals surface area (Å²) >= 11 is 0. The summed E-state index contributed by atoms with van der Waals surface area (Å²) in [5, 5.41) is 12.3. The van der Waals surface area contributed by atoms with Crippen molar-refractivity contribution in [2.45, 2.75) is 13.0 Å². The largest absolute Gasteiger partial charge is 0.507 e. The molecule has 0 spiro atoms. The van der Waals surface area contributed by atoms with Crippen LogP contribution >= 0.6 is 0 Å². The Kier molecular flexibility index (Phi) is 3.80. The Morgan fingerprint density at radius 3 is 2.73 bits per heavy atom. The molecule has 0 aliphatic rings. The molecular weight excluding hydrogens is 200 g/mol. The molecule has 0 saturated carbocycles. The molecule has 1 atom stereocenters. The Morgan fingerprint density at radius 1 is 1.53 bits per heavy atom. The number of benzene rings is 1. The maximum atomic E-state index is 13.3. The molecule has 2 nitrogen and oxygen atoms in total. The molecule has 1 aromatic rings. The van der Waals surface area contributed by atoms with Crippen molar-refractivity contribution in [1.82, 2.24) is 5.32 Å². The molecule has 0 aliphatic carbocycles. The van der Waals surface area contributed by atoms with Crippen molar-refractivity contribution in [3.8, 4) is 5.75 Å². The van der Waals surface area contributed by atoms with Crippen molar-refractivity contribution in [1.29, 1.82) is 0 Å². The van der Waals surface area contributed by atoms with Crippen LogP contribution in [0.2, 0.25) is 0 Å². The van der Waals surface area contributed by atoms with E-state index in [0.717, 1.165) is 12.1 Å². The van der Waals surface area contributed by atoms with E-state index in [0.29, 0.717) is 6.54 Å². The molecule has 1 rings (SSSR count). The lowest BCUT2D eigenvalue weighted by molar-refractivity contribution is 0.433. The number of aromatic hydroxyl groups is 1. The van der Waals surface area contributed by atoms with Gasteiger partial charge < -0.3 is 10.4 Å². The fraction of sp³-hybridized carbons (Fsp3) is 0.273. The molecule has 0 radical (unpaired) electrons. The Labute approximate surface area is 87.2 Å². The number of halogens is 2. The fourth-order valence-corrected chi connectivity index (χ4v) is 1.36. The number of phenols is 1. The summed E-state index contributed by atoms with van der Waals surface area (Å²) in [6.45, 7) is 5.67. The minimum absolute atomic E-state index is 0.0678. The van der Waals surface area contributed by atoms with Crippen molar-refractivity contribution >= 4 is 0 Å². The first kappa shape index (κ1) is 11.7. The maximum Gasteiger partial charge on any atom is 0.134 e. The molecule has 0 fully saturated rings. The molecule has 0 heterocycles. The van der Waals surface area contributed by atoms with Crippen LogP contribution in [0.25, 0.3) is 0 Å². The van der Waals surface area contributed by atoms with E-state index < -0.39 is 17.7 Å². The van der Waals surface area contributed by atoms with E-state index in [4.69, 9.17) is 0 Å². The van der Waals surface area contributed by atoms with Crippen LogP contribution in [-0.2, 0) is 0 Å². The Bertz CT molecular complexity index is 343.